The Morgan fingerprint density at radius 1 is 1.55 bits per heavy atom. The molecule has 2 N–H and O–H groups in total. The third-order valence-electron chi connectivity index (χ3n) is 4.17. The van der Waals surface area contributed by atoms with Crippen molar-refractivity contribution in [3.63, 3.8) is 0 Å². The molecule has 4 nitrogen and oxygen atoms in total. The zero-order valence-electron chi connectivity index (χ0n) is 11.9. The van der Waals surface area contributed by atoms with Crippen LogP contribution in [0.3, 0.4) is 0 Å². The number of anilines is 1. The van der Waals surface area contributed by atoms with Crippen LogP contribution in [0.15, 0.2) is 18.2 Å². The highest BCUT2D eigenvalue weighted by molar-refractivity contribution is 6.00. The van der Waals surface area contributed by atoms with E-state index < -0.39 is 0 Å². The molecule has 2 unspecified atom stereocenters. The van der Waals surface area contributed by atoms with Crippen LogP contribution in [-0.2, 0) is 11.2 Å². The van der Waals surface area contributed by atoms with Crippen LogP contribution in [0.25, 0.3) is 0 Å². The predicted molar refractivity (Wildman–Crippen MR) is 79.4 cm³/mol. The van der Waals surface area contributed by atoms with Crippen LogP contribution < -0.4 is 10.6 Å². The van der Waals surface area contributed by atoms with E-state index >= 15 is 0 Å². The van der Waals surface area contributed by atoms with E-state index in [0.717, 1.165) is 44.5 Å². The molecule has 2 heterocycles. The first-order valence-electron chi connectivity index (χ1n) is 7.50. The van der Waals surface area contributed by atoms with E-state index in [0.29, 0.717) is 0 Å². The summed E-state index contributed by atoms with van der Waals surface area (Å²) in [6.07, 6.45) is 3.51. The lowest BCUT2D eigenvalue weighted by Gasteiger charge is -2.16. The first-order chi connectivity index (χ1) is 9.74. The number of hydrogen-bond donors (Lipinski definition) is 2. The van der Waals surface area contributed by atoms with Gasteiger partial charge in [-0.05, 0) is 49.9 Å². The summed E-state index contributed by atoms with van der Waals surface area (Å²) in [6.45, 7) is 4.52. The number of carbonyl (C=O) groups excluding carboxylic acids is 1. The molecule has 0 amide bonds. The van der Waals surface area contributed by atoms with E-state index in [-0.39, 0.29) is 17.9 Å². The smallest absolute Gasteiger partial charge is 0.179 e. The maximum atomic E-state index is 12.4. The fourth-order valence-corrected chi connectivity index (χ4v) is 2.91. The van der Waals surface area contributed by atoms with Crippen molar-refractivity contribution in [2.24, 2.45) is 0 Å². The lowest BCUT2D eigenvalue weighted by molar-refractivity contribution is 0.0902. The second-order valence-electron chi connectivity index (χ2n) is 5.68. The topological polar surface area (TPSA) is 50.4 Å². The van der Waals surface area contributed by atoms with Gasteiger partial charge in [0.25, 0.3) is 0 Å². The van der Waals surface area contributed by atoms with Crippen LogP contribution in [0.4, 0.5) is 5.69 Å². The van der Waals surface area contributed by atoms with Crippen LogP contribution in [0.5, 0.6) is 0 Å². The Kier molecular flexibility index (Phi) is 4.03. The fraction of sp³-hybridized carbons (Fsp3) is 0.562. The van der Waals surface area contributed by atoms with Crippen LogP contribution in [0.1, 0.15) is 35.7 Å². The van der Waals surface area contributed by atoms with Gasteiger partial charge in [-0.3, -0.25) is 4.79 Å². The quantitative estimate of drug-likeness (QED) is 0.806. The van der Waals surface area contributed by atoms with E-state index in [1.807, 2.05) is 25.1 Å². The second kappa shape index (κ2) is 5.94. The molecule has 1 fully saturated rings. The minimum absolute atomic E-state index is 0.161. The molecule has 3 rings (SSSR count). The first kappa shape index (κ1) is 13.6. The zero-order valence-corrected chi connectivity index (χ0v) is 11.9. The number of nitrogens with one attached hydrogen (secondary N) is 2. The average molecular weight is 274 g/mol. The molecule has 0 aliphatic carbocycles. The third-order valence-corrected chi connectivity index (χ3v) is 4.17. The average Bonchev–Trinajstić information content (AvgIpc) is 3.13. The van der Waals surface area contributed by atoms with Gasteiger partial charge in [-0.2, -0.15) is 0 Å². The number of hydrogen-bond acceptors (Lipinski definition) is 4. The summed E-state index contributed by atoms with van der Waals surface area (Å²) in [5.74, 6) is 0.165. The summed E-state index contributed by atoms with van der Waals surface area (Å²) in [4.78, 5) is 12.4. The van der Waals surface area contributed by atoms with Gasteiger partial charge in [0, 0.05) is 30.9 Å². The van der Waals surface area contributed by atoms with Gasteiger partial charge >= 0.3 is 0 Å². The number of Topliss-reactive ketones (excluding diaryl/α,β-unsaturated/α-hetero) is 1. The van der Waals surface area contributed by atoms with Crippen molar-refractivity contribution in [2.45, 2.75) is 38.3 Å². The Labute approximate surface area is 119 Å². The molecule has 0 spiro atoms. The van der Waals surface area contributed by atoms with Gasteiger partial charge in [-0.25, -0.2) is 0 Å². The Morgan fingerprint density at radius 3 is 3.25 bits per heavy atom. The molecule has 0 radical (unpaired) electrons. The Bertz CT molecular complexity index is 495. The molecule has 2 aliphatic rings. The predicted octanol–water partition coefficient (Wildman–Crippen LogP) is 1.99. The lowest BCUT2D eigenvalue weighted by Crippen LogP contribution is -2.38. The number of carbonyl (C=O) groups is 1. The maximum Gasteiger partial charge on any atom is 0.179 e. The number of benzene rings is 1. The normalized spacial score (nSPS) is 22.4. The monoisotopic (exact) mass is 274 g/mol. The lowest BCUT2D eigenvalue weighted by atomic mass is 10.0. The van der Waals surface area contributed by atoms with E-state index in [1.54, 1.807) is 0 Å². The molecule has 1 aromatic carbocycles. The highest BCUT2D eigenvalue weighted by atomic mass is 16.5. The van der Waals surface area contributed by atoms with E-state index in [9.17, 15) is 4.79 Å². The van der Waals surface area contributed by atoms with Gasteiger partial charge in [0.2, 0.25) is 0 Å². The molecular weight excluding hydrogens is 252 g/mol. The van der Waals surface area contributed by atoms with Gasteiger partial charge in [0.15, 0.2) is 5.78 Å². The SMILES string of the molecule is CC(NCC1CCCO1)C(=O)c1ccc2c(c1)CCN2. The molecule has 1 aromatic rings. The van der Waals surface area contributed by atoms with Gasteiger partial charge < -0.3 is 15.4 Å². The van der Waals surface area contributed by atoms with Crippen molar-refractivity contribution in [1.29, 1.82) is 0 Å². The van der Waals surface area contributed by atoms with E-state index in [4.69, 9.17) is 4.74 Å². The Hall–Kier alpha value is -1.39. The molecule has 0 saturated carbocycles. The van der Waals surface area contributed by atoms with Crippen LogP contribution in [-0.4, -0.2) is 37.6 Å². The number of ketones is 1. The van der Waals surface area contributed by atoms with Crippen LogP contribution in [0, 0.1) is 0 Å². The van der Waals surface area contributed by atoms with E-state index in [2.05, 4.69) is 10.6 Å². The Morgan fingerprint density at radius 2 is 2.45 bits per heavy atom. The molecule has 108 valence electrons. The van der Waals surface area contributed by atoms with Gasteiger partial charge in [0.05, 0.1) is 12.1 Å². The summed E-state index contributed by atoms with van der Waals surface area (Å²) >= 11 is 0. The highest BCUT2D eigenvalue weighted by Gasteiger charge is 2.20. The molecular formula is C16H22N2O2. The number of fused-ring (bicyclic) bond motifs is 1. The van der Waals surface area contributed by atoms with Crippen molar-refractivity contribution >= 4 is 11.5 Å². The zero-order chi connectivity index (χ0) is 13.9. The molecule has 4 heteroatoms. The standard InChI is InChI=1S/C16H22N2O2/c1-11(18-10-14-3-2-8-20-14)16(19)13-4-5-15-12(9-13)6-7-17-15/h4-5,9,11,14,17-18H,2-3,6-8,10H2,1H3. The second-order valence-corrected chi connectivity index (χ2v) is 5.68. The summed E-state index contributed by atoms with van der Waals surface area (Å²) in [5, 5.41) is 6.61. The minimum atomic E-state index is -0.161. The molecule has 2 atom stereocenters. The van der Waals surface area contributed by atoms with Crippen LogP contribution in [0.2, 0.25) is 0 Å². The van der Waals surface area contributed by atoms with Gasteiger partial charge in [0.1, 0.15) is 0 Å². The number of ether oxygens (including phenoxy) is 1. The largest absolute Gasteiger partial charge is 0.384 e. The highest BCUT2D eigenvalue weighted by Crippen LogP contribution is 2.23. The van der Waals surface area contributed by atoms with Crippen LogP contribution >= 0.6 is 0 Å². The molecule has 1 saturated heterocycles. The molecule has 2 aliphatic heterocycles. The Balaban J connectivity index is 1.59. The summed E-state index contributed by atoms with van der Waals surface area (Å²) in [5.41, 5.74) is 3.23. The van der Waals surface area contributed by atoms with Crippen molar-refractivity contribution in [3.8, 4) is 0 Å². The van der Waals surface area contributed by atoms with Crippen molar-refractivity contribution in [3.05, 3.63) is 29.3 Å². The third kappa shape index (κ3) is 2.86. The molecule has 0 bridgehead atoms. The first-order valence-corrected chi connectivity index (χ1v) is 7.50. The molecule has 20 heavy (non-hydrogen) atoms. The summed E-state index contributed by atoms with van der Waals surface area (Å²) < 4.78 is 5.57. The van der Waals surface area contributed by atoms with Crippen molar-refractivity contribution in [2.75, 3.05) is 25.0 Å². The number of rotatable bonds is 5. The fourth-order valence-electron chi connectivity index (χ4n) is 2.91. The van der Waals surface area contributed by atoms with Gasteiger partial charge in [-0.15, -0.1) is 0 Å². The minimum Gasteiger partial charge on any atom is -0.384 e. The van der Waals surface area contributed by atoms with Crippen molar-refractivity contribution < 1.29 is 9.53 Å². The summed E-state index contributed by atoms with van der Waals surface area (Å²) in [7, 11) is 0. The van der Waals surface area contributed by atoms with Gasteiger partial charge in [-0.1, -0.05) is 0 Å². The van der Waals surface area contributed by atoms with E-state index in [1.165, 1.54) is 11.3 Å². The molecule has 0 aromatic heterocycles. The maximum absolute atomic E-state index is 12.4. The van der Waals surface area contributed by atoms with Crippen molar-refractivity contribution in [1.82, 2.24) is 5.32 Å². The summed E-state index contributed by atoms with van der Waals surface area (Å²) in [6, 6.07) is 5.81.